The van der Waals surface area contributed by atoms with Crippen molar-refractivity contribution >= 4 is 40.3 Å². The first kappa shape index (κ1) is 16.9. The fourth-order valence-electron chi connectivity index (χ4n) is 2.66. The van der Waals surface area contributed by atoms with Crippen molar-refractivity contribution in [1.82, 2.24) is 9.97 Å². The second-order valence-electron chi connectivity index (χ2n) is 6.45. The number of carbonyl (C=O) groups is 2. The third-order valence-corrected chi connectivity index (χ3v) is 4.22. The van der Waals surface area contributed by atoms with Gasteiger partial charge in [0.05, 0.1) is 22.9 Å². The second-order valence-corrected chi connectivity index (χ2v) is 6.45. The van der Waals surface area contributed by atoms with Gasteiger partial charge in [0.2, 0.25) is 11.8 Å². The van der Waals surface area contributed by atoms with Crippen LogP contribution in [0.3, 0.4) is 0 Å². The van der Waals surface area contributed by atoms with E-state index in [9.17, 15) is 9.59 Å². The van der Waals surface area contributed by atoms with Gasteiger partial charge in [0.1, 0.15) is 0 Å². The number of rotatable bonds is 5. The van der Waals surface area contributed by atoms with Crippen molar-refractivity contribution in [3.8, 4) is 0 Å². The highest BCUT2D eigenvalue weighted by Gasteiger charge is 2.29. The fraction of sp³-hybridized carbons (Fsp3) is 0.143. The molecule has 1 aromatic heterocycles. The summed E-state index contributed by atoms with van der Waals surface area (Å²) < 4.78 is 0. The molecule has 1 aliphatic rings. The Morgan fingerprint density at radius 3 is 2.48 bits per heavy atom. The Labute approximate surface area is 156 Å². The summed E-state index contributed by atoms with van der Waals surface area (Å²) in [6.07, 6.45) is 6.55. The largest absolute Gasteiger partial charge is 0.326 e. The number of amides is 2. The molecule has 0 atom stereocenters. The first-order valence-corrected chi connectivity index (χ1v) is 8.79. The number of fused-ring (bicyclic) bond motifs is 1. The topological polar surface area (TPSA) is 84.0 Å². The first-order valence-electron chi connectivity index (χ1n) is 8.79. The lowest BCUT2D eigenvalue weighted by atomic mass is 10.2. The van der Waals surface area contributed by atoms with E-state index < -0.39 is 0 Å². The number of benzene rings is 2. The van der Waals surface area contributed by atoms with Crippen LogP contribution in [0, 0.1) is 5.92 Å². The Balaban J connectivity index is 1.40. The van der Waals surface area contributed by atoms with Crippen LogP contribution < -0.4 is 10.6 Å². The maximum atomic E-state index is 12.2. The lowest BCUT2D eigenvalue weighted by Crippen LogP contribution is -2.14. The summed E-state index contributed by atoms with van der Waals surface area (Å²) in [5, 5.41) is 5.65. The molecule has 1 heterocycles. The zero-order valence-electron chi connectivity index (χ0n) is 14.6. The van der Waals surface area contributed by atoms with E-state index in [1.165, 1.54) is 6.08 Å². The van der Waals surface area contributed by atoms with Crippen molar-refractivity contribution in [3.63, 3.8) is 0 Å². The molecule has 1 saturated carbocycles. The molecule has 0 radical (unpaired) electrons. The molecule has 0 saturated heterocycles. The number of nitrogens with zero attached hydrogens (tertiary/aromatic N) is 2. The third kappa shape index (κ3) is 4.36. The van der Waals surface area contributed by atoms with Gasteiger partial charge in [0, 0.05) is 23.4 Å². The van der Waals surface area contributed by atoms with Crippen LogP contribution in [-0.4, -0.2) is 21.8 Å². The van der Waals surface area contributed by atoms with Gasteiger partial charge in [-0.2, -0.15) is 0 Å². The fourth-order valence-corrected chi connectivity index (χ4v) is 2.66. The maximum absolute atomic E-state index is 12.2. The van der Waals surface area contributed by atoms with Crippen LogP contribution in [0.2, 0.25) is 0 Å². The van der Waals surface area contributed by atoms with Gasteiger partial charge in [-0.15, -0.1) is 0 Å². The Morgan fingerprint density at radius 1 is 0.963 bits per heavy atom. The van der Waals surface area contributed by atoms with Crippen molar-refractivity contribution < 1.29 is 9.59 Å². The lowest BCUT2D eigenvalue weighted by Gasteiger charge is -2.07. The third-order valence-electron chi connectivity index (χ3n) is 4.22. The zero-order valence-corrected chi connectivity index (χ0v) is 14.6. The molecule has 0 bridgehead atoms. The van der Waals surface area contributed by atoms with E-state index in [0.717, 1.165) is 23.9 Å². The molecule has 4 rings (SSSR count). The summed E-state index contributed by atoms with van der Waals surface area (Å²) in [5.74, 6) is -0.113. The molecule has 0 aliphatic heterocycles. The van der Waals surface area contributed by atoms with Crippen LogP contribution in [0.25, 0.3) is 17.1 Å². The van der Waals surface area contributed by atoms with Crippen molar-refractivity contribution in [1.29, 1.82) is 0 Å². The number of carbonyl (C=O) groups excluding carboxylic acids is 2. The van der Waals surface area contributed by atoms with E-state index in [4.69, 9.17) is 0 Å². The molecule has 2 N–H and O–H groups in total. The molecule has 6 nitrogen and oxygen atoms in total. The van der Waals surface area contributed by atoms with Crippen LogP contribution >= 0.6 is 0 Å². The van der Waals surface area contributed by atoms with Crippen molar-refractivity contribution in [3.05, 3.63) is 66.5 Å². The quantitative estimate of drug-likeness (QED) is 0.682. The lowest BCUT2D eigenvalue weighted by molar-refractivity contribution is -0.117. The van der Waals surface area contributed by atoms with Crippen molar-refractivity contribution in [2.75, 3.05) is 10.6 Å². The number of anilines is 2. The zero-order chi connectivity index (χ0) is 18.6. The highest BCUT2D eigenvalue weighted by molar-refractivity contribution is 6.02. The van der Waals surface area contributed by atoms with Gasteiger partial charge in [-0.05, 0) is 49.2 Å². The molecule has 27 heavy (non-hydrogen) atoms. The number of para-hydroxylation sites is 2. The number of aromatic nitrogens is 2. The van der Waals surface area contributed by atoms with E-state index in [2.05, 4.69) is 20.6 Å². The second kappa shape index (κ2) is 7.37. The van der Waals surface area contributed by atoms with E-state index >= 15 is 0 Å². The Bertz CT molecular complexity index is 1040. The van der Waals surface area contributed by atoms with Gasteiger partial charge < -0.3 is 10.6 Å². The minimum atomic E-state index is -0.282. The summed E-state index contributed by atoms with van der Waals surface area (Å²) >= 11 is 0. The average Bonchev–Trinajstić information content (AvgIpc) is 3.52. The van der Waals surface area contributed by atoms with Gasteiger partial charge in [0.15, 0.2) is 0 Å². The molecule has 2 amide bonds. The number of nitrogens with one attached hydrogen (secondary N) is 2. The van der Waals surface area contributed by atoms with Gasteiger partial charge in [-0.1, -0.05) is 18.2 Å². The summed E-state index contributed by atoms with van der Waals surface area (Å²) in [7, 11) is 0. The first-order chi connectivity index (χ1) is 13.2. The molecular weight excluding hydrogens is 340 g/mol. The molecular formula is C21H18N4O2. The van der Waals surface area contributed by atoms with Crippen molar-refractivity contribution in [2.24, 2.45) is 5.92 Å². The highest BCUT2D eigenvalue weighted by Crippen LogP contribution is 2.30. The van der Waals surface area contributed by atoms with Gasteiger partial charge in [-0.3, -0.25) is 14.6 Å². The molecule has 134 valence electrons. The van der Waals surface area contributed by atoms with E-state index in [-0.39, 0.29) is 17.7 Å². The van der Waals surface area contributed by atoms with Crippen LogP contribution in [0.5, 0.6) is 0 Å². The van der Waals surface area contributed by atoms with Gasteiger partial charge in [0.25, 0.3) is 0 Å². The van der Waals surface area contributed by atoms with Crippen LogP contribution in [-0.2, 0) is 9.59 Å². The Kier molecular flexibility index (Phi) is 4.61. The molecule has 0 unspecified atom stereocenters. The highest BCUT2D eigenvalue weighted by atomic mass is 16.2. The number of hydrogen-bond acceptors (Lipinski definition) is 4. The summed E-state index contributed by atoms with van der Waals surface area (Å²) in [6, 6.07) is 14.7. The average molecular weight is 358 g/mol. The molecule has 3 aromatic rings. The maximum Gasteiger partial charge on any atom is 0.248 e. The molecule has 1 fully saturated rings. The van der Waals surface area contributed by atoms with E-state index in [1.807, 2.05) is 24.3 Å². The summed E-state index contributed by atoms with van der Waals surface area (Å²) in [6.45, 7) is 0. The van der Waals surface area contributed by atoms with Crippen molar-refractivity contribution in [2.45, 2.75) is 12.8 Å². The molecule has 6 heteroatoms. The normalized spacial score (nSPS) is 13.6. The van der Waals surface area contributed by atoms with E-state index in [1.54, 1.807) is 36.5 Å². The SMILES string of the molecule is O=C(/C=C/c1cnc2ccccc2n1)Nc1cccc(NC(=O)C2CC2)c1. The van der Waals surface area contributed by atoms with Crippen LogP contribution in [0.1, 0.15) is 18.5 Å². The predicted molar refractivity (Wildman–Crippen MR) is 105 cm³/mol. The van der Waals surface area contributed by atoms with Gasteiger partial charge in [-0.25, -0.2) is 4.98 Å². The molecule has 2 aromatic carbocycles. The molecule has 1 aliphatic carbocycles. The number of hydrogen-bond donors (Lipinski definition) is 2. The van der Waals surface area contributed by atoms with Crippen LogP contribution in [0.15, 0.2) is 60.8 Å². The standard InChI is InChI=1S/C21H18N4O2/c26-20(11-10-17-13-22-18-6-1-2-7-19(18)23-17)24-15-4-3-5-16(12-15)25-21(27)14-8-9-14/h1-7,10-14H,8-9H2,(H,24,26)(H,25,27)/b11-10+. The monoisotopic (exact) mass is 358 g/mol. The Morgan fingerprint density at radius 2 is 1.70 bits per heavy atom. The predicted octanol–water partition coefficient (Wildman–Crippen LogP) is 3.63. The van der Waals surface area contributed by atoms with Gasteiger partial charge >= 0.3 is 0 Å². The van der Waals surface area contributed by atoms with E-state index in [0.29, 0.717) is 17.1 Å². The van der Waals surface area contributed by atoms with Crippen LogP contribution in [0.4, 0.5) is 11.4 Å². The molecule has 0 spiro atoms. The Hall–Kier alpha value is -3.54. The summed E-state index contributed by atoms with van der Waals surface area (Å²) in [4.78, 5) is 32.8. The minimum Gasteiger partial charge on any atom is -0.326 e. The minimum absolute atomic E-state index is 0.0354. The summed E-state index contributed by atoms with van der Waals surface area (Å²) in [5.41, 5.74) is 3.48. The smallest absolute Gasteiger partial charge is 0.248 e.